The van der Waals surface area contributed by atoms with Crippen LogP contribution in [0.2, 0.25) is 0 Å². The molecule has 1 unspecified atom stereocenters. The van der Waals surface area contributed by atoms with Crippen LogP contribution in [0.3, 0.4) is 0 Å². The Bertz CT molecular complexity index is 598. The minimum absolute atomic E-state index is 0.0478. The minimum atomic E-state index is -3.78. The molecule has 0 aliphatic heterocycles. The van der Waals surface area contributed by atoms with E-state index in [2.05, 4.69) is 5.32 Å². The van der Waals surface area contributed by atoms with E-state index in [9.17, 15) is 13.2 Å². The second-order valence-electron chi connectivity index (χ2n) is 4.12. The van der Waals surface area contributed by atoms with Crippen LogP contribution < -0.4 is 10.1 Å². The standard InChI is InChI=1S/C12H16ClNO4S/c1-7-8(2)11(19(13,16)17)6-5-10(7)18-9(3)12(15)14-4/h5-6,9H,1-4H3,(H,14,15). The quantitative estimate of drug-likeness (QED) is 0.860. The lowest BCUT2D eigenvalue weighted by Crippen LogP contribution is -2.33. The SMILES string of the molecule is CNC(=O)C(C)Oc1ccc(S(=O)(=O)Cl)c(C)c1C. The van der Waals surface area contributed by atoms with Crippen molar-refractivity contribution in [2.45, 2.75) is 31.8 Å². The van der Waals surface area contributed by atoms with Gasteiger partial charge in [0.1, 0.15) is 5.75 Å². The second kappa shape index (κ2) is 5.79. The molecule has 1 aromatic carbocycles. The molecule has 1 aromatic rings. The minimum Gasteiger partial charge on any atom is -0.481 e. The molecular formula is C12H16ClNO4S. The predicted octanol–water partition coefficient (Wildman–Crippen LogP) is 1.74. The summed E-state index contributed by atoms with van der Waals surface area (Å²) in [5.74, 6) is 0.198. The number of hydrogen-bond donors (Lipinski definition) is 1. The molecule has 0 aromatic heterocycles. The molecule has 7 heteroatoms. The van der Waals surface area contributed by atoms with Gasteiger partial charge in [0.15, 0.2) is 6.10 Å². The summed E-state index contributed by atoms with van der Waals surface area (Å²) in [7, 11) is 3.07. The highest BCUT2D eigenvalue weighted by molar-refractivity contribution is 8.13. The van der Waals surface area contributed by atoms with E-state index in [1.807, 2.05) is 0 Å². The van der Waals surface area contributed by atoms with Crippen LogP contribution in [0.25, 0.3) is 0 Å². The van der Waals surface area contributed by atoms with Crippen LogP contribution in [-0.2, 0) is 13.8 Å². The Labute approximate surface area is 117 Å². The van der Waals surface area contributed by atoms with Gasteiger partial charge in [0.25, 0.3) is 15.0 Å². The third kappa shape index (κ3) is 3.61. The number of carbonyl (C=O) groups is 1. The van der Waals surface area contributed by atoms with E-state index >= 15 is 0 Å². The lowest BCUT2D eigenvalue weighted by atomic mass is 10.1. The Morgan fingerprint density at radius 3 is 2.37 bits per heavy atom. The number of carbonyl (C=O) groups excluding carboxylic acids is 1. The fraction of sp³-hybridized carbons (Fsp3) is 0.417. The molecule has 1 rings (SSSR count). The van der Waals surface area contributed by atoms with Crippen molar-refractivity contribution in [3.8, 4) is 5.75 Å². The summed E-state index contributed by atoms with van der Waals surface area (Å²) >= 11 is 0. The third-order valence-electron chi connectivity index (χ3n) is 2.87. The Morgan fingerprint density at radius 1 is 1.32 bits per heavy atom. The zero-order chi connectivity index (χ0) is 14.8. The van der Waals surface area contributed by atoms with Gasteiger partial charge in [-0.05, 0) is 44.0 Å². The lowest BCUT2D eigenvalue weighted by molar-refractivity contribution is -0.126. The van der Waals surface area contributed by atoms with E-state index in [4.69, 9.17) is 15.4 Å². The van der Waals surface area contributed by atoms with Crippen LogP contribution in [0.1, 0.15) is 18.1 Å². The summed E-state index contributed by atoms with van der Waals surface area (Å²) in [4.78, 5) is 11.4. The van der Waals surface area contributed by atoms with Gasteiger partial charge in [0.05, 0.1) is 4.90 Å². The second-order valence-corrected chi connectivity index (χ2v) is 6.66. The summed E-state index contributed by atoms with van der Waals surface area (Å²) in [5.41, 5.74) is 1.15. The first-order valence-corrected chi connectivity index (χ1v) is 7.92. The Hall–Kier alpha value is -1.27. The number of halogens is 1. The summed E-state index contributed by atoms with van der Waals surface area (Å²) in [6.07, 6.45) is -0.665. The smallest absolute Gasteiger partial charge is 0.261 e. The number of ether oxygens (including phenoxy) is 1. The first-order chi connectivity index (χ1) is 8.68. The van der Waals surface area contributed by atoms with Gasteiger partial charge in [-0.15, -0.1) is 0 Å². The maximum Gasteiger partial charge on any atom is 0.261 e. The number of amides is 1. The van der Waals surface area contributed by atoms with E-state index in [-0.39, 0.29) is 10.8 Å². The maximum absolute atomic E-state index is 11.4. The predicted molar refractivity (Wildman–Crippen MR) is 73.1 cm³/mol. The van der Waals surface area contributed by atoms with Crippen molar-refractivity contribution in [3.05, 3.63) is 23.3 Å². The summed E-state index contributed by atoms with van der Waals surface area (Å²) in [6, 6.07) is 2.87. The molecule has 106 valence electrons. The van der Waals surface area contributed by atoms with E-state index in [0.717, 1.165) is 0 Å². The summed E-state index contributed by atoms with van der Waals surface area (Å²) in [6.45, 7) is 4.97. The molecule has 5 nitrogen and oxygen atoms in total. The third-order valence-corrected chi connectivity index (χ3v) is 4.34. The molecule has 0 aliphatic rings. The van der Waals surface area contributed by atoms with Crippen LogP contribution in [-0.4, -0.2) is 27.5 Å². The van der Waals surface area contributed by atoms with Crippen molar-refractivity contribution >= 4 is 25.6 Å². The normalized spacial score (nSPS) is 12.9. The van der Waals surface area contributed by atoms with Crippen molar-refractivity contribution in [3.63, 3.8) is 0 Å². The van der Waals surface area contributed by atoms with Gasteiger partial charge in [-0.3, -0.25) is 4.79 Å². The van der Waals surface area contributed by atoms with E-state index < -0.39 is 15.2 Å². The van der Waals surface area contributed by atoms with Gasteiger partial charge in [0, 0.05) is 17.7 Å². The zero-order valence-corrected chi connectivity index (χ0v) is 12.7. The first kappa shape index (κ1) is 15.8. The van der Waals surface area contributed by atoms with Crippen molar-refractivity contribution in [2.75, 3.05) is 7.05 Å². The average molecular weight is 306 g/mol. The van der Waals surface area contributed by atoms with Crippen LogP contribution >= 0.6 is 10.7 Å². The highest BCUT2D eigenvalue weighted by Crippen LogP contribution is 2.29. The first-order valence-electron chi connectivity index (χ1n) is 5.61. The molecule has 19 heavy (non-hydrogen) atoms. The lowest BCUT2D eigenvalue weighted by Gasteiger charge is -2.17. The Morgan fingerprint density at radius 2 is 1.89 bits per heavy atom. The van der Waals surface area contributed by atoms with E-state index in [1.165, 1.54) is 19.2 Å². The van der Waals surface area contributed by atoms with Crippen molar-refractivity contribution in [2.24, 2.45) is 0 Å². The van der Waals surface area contributed by atoms with Crippen molar-refractivity contribution in [1.29, 1.82) is 0 Å². The summed E-state index contributed by atoms with van der Waals surface area (Å²) in [5, 5.41) is 2.47. The van der Waals surface area contributed by atoms with Crippen LogP contribution in [0.5, 0.6) is 5.75 Å². The molecule has 0 spiro atoms. The zero-order valence-electron chi connectivity index (χ0n) is 11.2. The molecule has 0 bridgehead atoms. The van der Waals surface area contributed by atoms with Gasteiger partial charge in [-0.25, -0.2) is 8.42 Å². The molecular weight excluding hydrogens is 290 g/mol. The molecule has 1 N–H and O–H groups in total. The maximum atomic E-state index is 11.4. The highest BCUT2D eigenvalue weighted by Gasteiger charge is 2.19. The molecule has 1 atom stereocenters. The van der Waals surface area contributed by atoms with Gasteiger partial charge in [-0.2, -0.15) is 0 Å². The summed E-state index contributed by atoms with van der Waals surface area (Å²) < 4.78 is 28.2. The molecule has 0 fully saturated rings. The molecule has 1 amide bonds. The molecule has 0 heterocycles. The van der Waals surface area contributed by atoms with Crippen LogP contribution in [0.4, 0.5) is 0 Å². The molecule has 0 saturated heterocycles. The van der Waals surface area contributed by atoms with Crippen molar-refractivity contribution in [1.82, 2.24) is 5.32 Å². The molecule has 0 radical (unpaired) electrons. The van der Waals surface area contributed by atoms with Crippen LogP contribution in [0.15, 0.2) is 17.0 Å². The number of likely N-dealkylation sites (N-methyl/N-ethyl adjacent to an activating group) is 1. The fourth-order valence-corrected chi connectivity index (χ4v) is 2.86. The average Bonchev–Trinajstić information content (AvgIpc) is 2.32. The fourth-order valence-electron chi connectivity index (χ4n) is 1.61. The Kier molecular flexibility index (Phi) is 4.81. The van der Waals surface area contributed by atoms with Crippen molar-refractivity contribution < 1.29 is 17.9 Å². The number of nitrogens with one attached hydrogen (secondary N) is 1. The largest absolute Gasteiger partial charge is 0.481 e. The monoisotopic (exact) mass is 305 g/mol. The van der Waals surface area contributed by atoms with Gasteiger partial charge >= 0.3 is 0 Å². The topological polar surface area (TPSA) is 72.5 Å². The van der Waals surface area contributed by atoms with E-state index in [0.29, 0.717) is 16.9 Å². The number of rotatable bonds is 4. The molecule has 0 aliphatic carbocycles. The van der Waals surface area contributed by atoms with Gasteiger partial charge in [-0.1, -0.05) is 0 Å². The van der Waals surface area contributed by atoms with Gasteiger partial charge in [0.2, 0.25) is 0 Å². The Balaban J connectivity index is 3.14. The van der Waals surface area contributed by atoms with Crippen LogP contribution in [0, 0.1) is 13.8 Å². The molecule has 0 saturated carbocycles. The van der Waals surface area contributed by atoms with Gasteiger partial charge < -0.3 is 10.1 Å². The number of hydrogen-bond acceptors (Lipinski definition) is 4. The highest BCUT2D eigenvalue weighted by atomic mass is 35.7. The number of benzene rings is 1. The van der Waals surface area contributed by atoms with E-state index in [1.54, 1.807) is 20.8 Å².